The Morgan fingerprint density at radius 3 is 2.89 bits per heavy atom. The van der Waals surface area contributed by atoms with Crippen LogP contribution in [0, 0.1) is 0 Å². The standard InChI is InChI=1S/C10H9ClN4O4/c1-15-9(17)7(18-2)6(14-10(15)11)8(16)13-5-3-12-19-4-5/h3-4H,1-2H3,(H,13,16). The second-order valence-electron chi connectivity index (χ2n) is 3.49. The Morgan fingerprint density at radius 1 is 1.58 bits per heavy atom. The van der Waals surface area contributed by atoms with E-state index in [-0.39, 0.29) is 16.7 Å². The zero-order chi connectivity index (χ0) is 14.0. The highest BCUT2D eigenvalue weighted by molar-refractivity contribution is 6.28. The number of methoxy groups -OCH3 is 1. The number of aromatic nitrogens is 3. The van der Waals surface area contributed by atoms with Crippen LogP contribution < -0.4 is 15.6 Å². The van der Waals surface area contributed by atoms with Gasteiger partial charge in [-0.05, 0) is 11.6 Å². The maximum Gasteiger partial charge on any atom is 0.297 e. The Balaban J connectivity index is 2.44. The number of carbonyl (C=O) groups excluding carboxylic acids is 1. The number of amides is 1. The van der Waals surface area contributed by atoms with E-state index in [0.29, 0.717) is 5.69 Å². The first-order chi connectivity index (χ1) is 9.04. The molecule has 0 saturated carbocycles. The van der Waals surface area contributed by atoms with E-state index in [9.17, 15) is 9.59 Å². The SMILES string of the molecule is COc1c(C(=O)Nc2cnoc2)nc(Cl)n(C)c1=O. The molecule has 2 aromatic heterocycles. The molecule has 0 radical (unpaired) electrons. The lowest BCUT2D eigenvalue weighted by molar-refractivity contribution is 0.101. The van der Waals surface area contributed by atoms with E-state index in [1.807, 2.05) is 0 Å². The van der Waals surface area contributed by atoms with Gasteiger partial charge in [0.15, 0.2) is 5.69 Å². The molecule has 2 aromatic rings. The maximum atomic E-state index is 12.0. The topological polar surface area (TPSA) is 99.2 Å². The fourth-order valence-corrected chi connectivity index (χ4v) is 1.51. The summed E-state index contributed by atoms with van der Waals surface area (Å²) in [7, 11) is 2.68. The molecule has 2 heterocycles. The second-order valence-corrected chi connectivity index (χ2v) is 3.83. The molecule has 0 aliphatic rings. The van der Waals surface area contributed by atoms with E-state index < -0.39 is 11.5 Å². The summed E-state index contributed by atoms with van der Waals surface area (Å²) in [6.45, 7) is 0. The third-order valence-electron chi connectivity index (χ3n) is 2.30. The van der Waals surface area contributed by atoms with Crippen molar-refractivity contribution in [3.8, 4) is 5.75 Å². The molecule has 100 valence electrons. The van der Waals surface area contributed by atoms with Crippen molar-refractivity contribution in [3.63, 3.8) is 0 Å². The van der Waals surface area contributed by atoms with Crippen LogP contribution in [0.4, 0.5) is 5.69 Å². The molecule has 8 nitrogen and oxygen atoms in total. The highest BCUT2D eigenvalue weighted by Gasteiger charge is 2.21. The van der Waals surface area contributed by atoms with Gasteiger partial charge in [0.2, 0.25) is 11.0 Å². The van der Waals surface area contributed by atoms with Crippen LogP contribution in [-0.2, 0) is 7.05 Å². The van der Waals surface area contributed by atoms with E-state index in [1.54, 1.807) is 0 Å². The molecule has 0 aliphatic heterocycles. The minimum Gasteiger partial charge on any atom is -0.489 e. The number of anilines is 1. The Labute approximate surface area is 111 Å². The van der Waals surface area contributed by atoms with Gasteiger partial charge in [0.25, 0.3) is 11.5 Å². The molecule has 1 amide bonds. The maximum absolute atomic E-state index is 12.0. The molecule has 0 saturated heterocycles. The van der Waals surface area contributed by atoms with Crippen molar-refractivity contribution in [2.24, 2.45) is 7.05 Å². The summed E-state index contributed by atoms with van der Waals surface area (Å²) in [5.41, 5.74) is -0.444. The molecule has 0 spiro atoms. The third-order valence-corrected chi connectivity index (χ3v) is 2.64. The quantitative estimate of drug-likeness (QED) is 0.832. The molecule has 0 unspecified atom stereocenters. The van der Waals surface area contributed by atoms with Gasteiger partial charge in [0, 0.05) is 7.05 Å². The van der Waals surface area contributed by atoms with Crippen molar-refractivity contribution in [2.75, 3.05) is 12.4 Å². The Bertz CT molecular complexity index is 665. The lowest BCUT2D eigenvalue weighted by Crippen LogP contribution is -2.26. The lowest BCUT2D eigenvalue weighted by atomic mass is 10.3. The molecule has 0 aliphatic carbocycles. The molecular formula is C10H9ClN4O4. The number of ether oxygens (including phenoxy) is 1. The fraction of sp³-hybridized carbons (Fsp3) is 0.200. The van der Waals surface area contributed by atoms with E-state index in [2.05, 4.69) is 20.0 Å². The largest absolute Gasteiger partial charge is 0.489 e. The van der Waals surface area contributed by atoms with Crippen LogP contribution in [0.1, 0.15) is 10.5 Å². The van der Waals surface area contributed by atoms with Crippen LogP contribution in [-0.4, -0.2) is 27.7 Å². The summed E-state index contributed by atoms with van der Waals surface area (Å²) in [6, 6.07) is 0. The predicted molar refractivity (Wildman–Crippen MR) is 65.5 cm³/mol. The highest BCUT2D eigenvalue weighted by atomic mass is 35.5. The van der Waals surface area contributed by atoms with Crippen molar-refractivity contribution >= 4 is 23.2 Å². The van der Waals surface area contributed by atoms with Crippen LogP contribution >= 0.6 is 11.6 Å². The summed E-state index contributed by atoms with van der Waals surface area (Å²) < 4.78 is 10.5. The molecular weight excluding hydrogens is 276 g/mol. The number of hydrogen-bond acceptors (Lipinski definition) is 6. The van der Waals surface area contributed by atoms with Crippen LogP contribution in [0.15, 0.2) is 21.8 Å². The van der Waals surface area contributed by atoms with Crippen LogP contribution in [0.2, 0.25) is 5.28 Å². The normalized spacial score (nSPS) is 10.3. The van der Waals surface area contributed by atoms with Crippen molar-refractivity contribution < 1.29 is 14.1 Å². The van der Waals surface area contributed by atoms with Gasteiger partial charge in [-0.1, -0.05) is 5.16 Å². The van der Waals surface area contributed by atoms with Crippen LogP contribution in [0.3, 0.4) is 0 Å². The number of hydrogen-bond donors (Lipinski definition) is 1. The van der Waals surface area contributed by atoms with Gasteiger partial charge >= 0.3 is 0 Å². The van der Waals surface area contributed by atoms with Crippen molar-refractivity contribution in [3.05, 3.63) is 33.8 Å². The summed E-state index contributed by atoms with van der Waals surface area (Å²) >= 11 is 5.76. The number of rotatable bonds is 3. The molecule has 0 bridgehead atoms. The fourth-order valence-electron chi connectivity index (χ4n) is 1.35. The number of nitrogens with one attached hydrogen (secondary N) is 1. The molecule has 0 atom stereocenters. The number of nitrogens with zero attached hydrogens (tertiary/aromatic N) is 3. The summed E-state index contributed by atoms with van der Waals surface area (Å²) in [5, 5.41) is 5.75. The summed E-state index contributed by atoms with van der Waals surface area (Å²) in [4.78, 5) is 27.7. The number of halogens is 1. The van der Waals surface area contributed by atoms with Crippen LogP contribution in [0.25, 0.3) is 0 Å². The third kappa shape index (κ3) is 2.43. The molecule has 0 fully saturated rings. The Morgan fingerprint density at radius 2 is 2.32 bits per heavy atom. The second kappa shape index (κ2) is 5.11. The first-order valence-electron chi connectivity index (χ1n) is 5.06. The lowest BCUT2D eigenvalue weighted by Gasteiger charge is -2.09. The Hall–Kier alpha value is -2.35. The van der Waals surface area contributed by atoms with E-state index in [0.717, 1.165) is 4.57 Å². The van der Waals surface area contributed by atoms with Gasteiger partial charge in [-0.15, -0.1) is 0 Å². The van der Waals surface area contributed by atoms with Gasteiger partial charge in [0.1, 0.15) is 12.0 Å². The van der Waals surface area contributed by atoms with Gasteiger partial charge in [0.05, 0.1) is 13.3 Å². The molecule has 0 aromatic carbocycles. The van der Waals surface area contributed by atoms with E-state index >= 15 is 0 Å². The summed E-state index contributed by atoms with van der Waals surface area (Å²) in [6.07, 6.45) is 2.53. The zero-order valence-corrected chi connectivity index (χ0v) is 10.8. The van der Waals surface area contributed by atoms with Gasteiger partial charge in [-0.25, -0.2) is 4.98 Å². The molecule has 19 heavy (non-hydrogen) atoms. The molecule has 9 heteroatoms. The van der Waals surface area contributed by atoms with Gasteiger partial charge in [-0.3, -0.25) is 14.2 Å². The predicted octanol–water partition coefficient (Wildman–Crippen LogP) is 0.683. The molecule has 2 rings (SSSR count). The van der Waals surface area contributed by atoms with Crippen molar-refractivity contribution in [1.29, 1.82) is 0 Å². The van der Waals surface area contributed by atoms with Crippen LogP contribution in [0.5, 0.6) is 5.75 Å². The van der Waals surface area contributed by atoms with Gasteiger partial charge in [-0.2, -0.15) is 0 Å². The average Bonchev–Trinajstić information content (AvgIpc) is 2.88. The molecule has 1 N–H and O–H groups in total. The van der Waals surface area contributed by atoms with Crippen molar-refractivity contribution in [1.82, 2.24) is 14.7 Å². The summed E-state index contributed by atoms with van der Waals surface area (Å²) in [5.74, 6) is -0.847. The van der Waals surface area contributed by atoms with Gasteiger partial charge < -0.3 is 14.6 Å². The smallest absolute Gasteiger partial charge is 0.297 e. The number of carbonyl (C=O) groups is 1. The first kappa shape index (κ1) is 13.1. The van der Waals surface area contributed by atoms with E-state index in [4.69, 9.17) is 16.3 Å². The van der Waals surface area contributed by atoms with Crippen molar-refractivity contribution in [2.45, 2.75) is 0 Å². The minimum atomic E-state index is -0.653. The monoisotopic (exact) mass is 284 g/mol. The average molecular weight is 285 g/mol. The Kier molecular flexibility index (Phi) is 3.52. The highest BCUT2D eigenvalue weighted by Crippen LogP contribution is 2.15. The van der Waals surface area contributed by atoms with E-state index in [1.165, 1.54) is 26.6 Å². The first-order valence-corrected chi connectivity index (χ1v) is 5.43. The zero-order valence-electron chi connectivity index (χ0n) is 10.0. The minimum absolute atomic E-state index is 0.124.